The summed E-state index contributed by atoms with van der Waals surface area (Å²) in [5, 5.41) is 16.0. The molecule has 11 nitrogen and oxygen atoms in total. The summed E-state index contributed by atoms with van der Waals surface area (Å²) in [6.07, 6.45) is 1.09. The molecule has 1 aliphatic rings. The van der Waals surface area contributed by atoms with E-state index in [1.54, 1.807) is 0 Å². The Bertz CT molecular complexity index is 1150. The molecular weight excluding hydrogens is 427 g/mol. The van der Waals surface area contributed by atoms with Crippen LogP contribution in [-0.4, -0.2) is 48.4 Å². The Balaban J connectivity index is 1.85. The van der Waals surface area contributed by atoms with Crippen molar-refractivity contribution in [2.45, 2.75) is 0 Å². The Morgan fingerprint density at radius 3 is 2.50 bits per heavy atom. The number of benzene rings is 2. The first kappa shape index (κ1) is 22.2. The van der Waals surface area contributed by atoms with Gasteiger partial charge in [0.2, 0.25) is 5.91 Å². The fourth-order valence-corrected chi connectivity index (χ4v) is 2.92. The fourth-order valence-electron chi connectivity index (χ4n) is 2.92. The van der Waals surface area contributed by atoms with E-state index in [0.717, 1.165) is 18.2 Å². The van der Waals surface area contributed by atoms with Crippen LogP contribution in [0.5, 0.6) is 11.5 Å². The van der Waals surface area contributed by atoms with Gasteiger partial charge in [0.05, 0.1) is 36.5 Å². The molecule has 0 radical (unpaired) electrons. The summed E-state index contributed by atoms with van der Waals surface area (Å²) >= 11 is 0. The number of anilines is 1. The number of amides is 4. The third kappa shape index (κ3) is 4.48. The van der Waals surface area contributed by atoms with Crippen molar-refractivity contribution in [1.82, 2.24) is 10.2 Å². The van der Waals surface area contributed by atoms with Crippen LogP contribution in [0.4, 0.5) is 20.6 Å². The molecule has 2 aromatic carbocycles. The Morgan fingerprint density at radius 1 is 1.22 bits per heavy atom. The number of imide groups is 1. The van der Waals surface area contributed by atoms with Gasteiger partial charge in [-0.2, -0.15) is 0 Å². The van der Waals surface area contributed by atoms with E-state index in [1.807, 2.05) is 0 Å². The van der Waals surface area contributed by atoms with Crippen LogP contribution in [-0.2, 0) is 9.59 Å². The van der Waals surface area contributed by atoms with Crippen molar-refractivity contribution in [1.29, 1.82) is 0 Å². The van der Waals surface area contributed by atoms with Gasteiger partial charge in [-0.3, -0.25) is 19.7 Å². The lowest BCUT2D eigenvalue weighted by atomic mass is 10.1. The number of ether oxygens (including phenoxy) is 2. The molecule has 12 heteroatoms. The molecule has 0 atom stereocenters. The summed E-state index contributed by atoms with van der Waals surface area (Å²) in [4.78, 5) is 48.4. The third-order valence-corrected chi connectivity index (χ3v) is 4.44. The van der Waals surface area contributed by atoms with Crippen LogP contribution in [0.2, 0.25) is 0 Å². The lowest BCUT2D eigenvalue weighted by Crippen LogP contribution is -2.38. The average Bonchev–Trinajstić information content (AvgIpc) is 3.02. The maximum Gasteiger partial charge on any atom is 0.329 e. The molecular formula is C20H17FN4O7. The van der Waals surface area contributed by atoms with E-state index in [2.05, 4.69) is 10.6 Å². The van der Waals surface area contributed by atoms with Crippen molar-refractivity contribution >= 4 is 35.3 Å². The molecule has 2 N–H and O–H groups in total. The molecule has 0 saturated carbocycles. The molecule has 166 valence electrons. The molecule has 0 bridgehead atoms. The molecule has 1 fully saturated rings. The van der Waals surface area contributed by atoms with E-state index in [4.69, 9.17) is 9.47 Å². The number of carbonyl (C=O) groups is 3. The van der Waals surface area contributed by atoms with Crippen LogP contribution in [0.1, 0.15) is 5.56 Å². The largest absolute Gasteiger partial charge is 0.493 e. The predicted octanol–water partition coefficient (Wildman–Crippen LogP) is 2.28. The lowest BCUT2D eigenvalue weighted by Gasteiger charge is -2.12. The van der Waals surface area contributed by atoms with E-state index in [-0.39, 0.29) is 28.4 Å². The van der Waals surface area contributed by atoms with Gasteiger partial charge >= 0.3 is 6.03 Å². The van der Waals surface area contributed by atoms with Crippen LogP contribution in [0.25, 0.3) is 6.08 Å². The molecule has 2 aromatic rings. The summed E-state index contributed by atoms with van der Waals surface area (Å²) in [6, 6.07) is 6.88. The van der Waals surface area contributed by atoms with Crippen molar-refractivity contribution in [3.05, 3.63) is 63.6 Å². The second-order valence-electron chi connectivity index (χ2n) is 6.43. The Kier molecular flexibility index (Phi) is 6.33. The zero-order valence-corrected chi connectivity index (χ0v) is 16.9. The van der Waals surface area contributed by atoms with Crippen LogP contribution >= 0.6 is 0 Å². The molecule has 1 aliphatic heterocycles. The van der Waals surface area contributed by atoms with Gasteiger partial charge in [0.1, 0.15) is 18.1 Å². The number of urea groups is 1. The number of nitro benzene ring substituents is 1. The molecule has 3 rings (SSSR count). The number of carbonyl (C=O) groups excluding carboxylic acids is 3. The Labute approximate surface area is 180 Å². The van der Waals surface area contributed by atoms with Gasteiger partial charge in [0, 0.05) is 0 Å². The fraction of sp³-hybridized carbons (Fsp3) is 0.150. The van der Waals surface area contributed by atoms with Gasteiger partial charge in [-0.1, -0.05) is 12.1 Å². The Hall–Kier alpha value is -4.48. The van der Waals surface area contributed by atoms with Gasteiger partial charge in [-0.25, -0.2) is 14.1 Å². The summed E-state index contributed by atoms with van der Waals surface area (Å²) in [5.41, 5.74) is -0.827. The van der Waals surface area contributed by atoms with Crippen molar-refractivity contribution < 1.29 is 33.2 Å². The zero-order chi connectivity index (χ0) is 23.4. The number of nitrogens with one attached hydrogen (secondary N) is 2. The van der Waals surface area contributed by atoms with E-state index in [9.17, 15) is 28.9 Å². The maximum absolute atomic E-state index is 13.7. The number of hydrogen-bond acceptors (Lipinski definition) is 7. The van der Waals surface area contributed by atoms with Crippen LogP contribution in [0.15, 0.2) is 42.1 Å². The standard InChI is InChI=1S/C20H17FN4O7/c1-31-16-8-11(15(25(29)30)9-17(16)32-2)7-14-19(27)24(20(28)23-14)10-18(26)22-13-6-4-3-5-12(13)21/h3-9H,10H2,1-2H3,(H,22,26)(H,23,28)/b14-7+. The van der Waals surface area contributed by atoms with E-state index >= 15 is 0 Å². The monoisotopic (exact) mass is 444 g/mol. The number of halogens is 1. The maximum atomic E-state index is 13.7. The predicted molar refractivity (Wildman–Crippen MR) is 109 cm³/mol. The van der Waals surface area contributed by atoms with Crippen molar-refractivity contribution in [2.75, 3.05) is 26.1 Å². The number of hydrogen-bond donors (Lipinski definition) is 2. The minimum absolute atomic E-state index is 0.0334. The van der Waals surface area contributed by atoms with Crippen molar-refractivity contribution in [3.63, 3.8) is 0 Å². The van der Waals surface area contributed by atoms with Crippen LogP contribution in [0, 0.1) is 15.9 Å². The quantitative estimate of drug-likeness (QED) is 0.289. The highest BCUT2D eigenvalue weighted by molar-refractivity contribution is 6.16. The van der Waals surface area contributed by atoms with E-state index in [1.165, 1.54) is 38.5 Å². The number of nitro groups is 1. The highest BCUT2D eigenvalue weighted by atomic mass is 19.1. The number of methoxy groups -OCH3 is 2. The molecule has 0 aliphatic carbocycles. The summed E-state index contributed by atoms with van der Waals surface area (Å²) in [5.74, 6) is -2.10. The number of para-hydroxylation sites is 1. The van der Waals surface area contributed by atoms with E-state index < -0.39 is 40.8 Å². The summed E-state index contributed by atoms with van der Waals surface area (Å²) < 4.78 is 23.8. The lowest BCUT2D eigenvalue weighted by molar-refractivity contribution is -0.385. The molecule has 32 heavy (non-hydrogen) atoms. The smallest absolute Gasteiger partial charge is 0.329 e. The summed E-state index contributed by atoms with van der Waals surface area (Å²) in [6.45, 7) is -0.690. The van der Waals surface area contributed by atoms with Crippen LogP contribution < -0.4 is 20.1 Å². The molecule has 1 heterocycles. The number of rotatable bonds is 7. The zero-order valence-electron chi connectivity index (χ0n) is 16.9. The normalized spacial score (nSPS) is 14.3. The third-order valence-electron chi connectivity index (χ3n) is 4.44. The summed E-state index contributed by atoms with van der Waals surface area (Å²) in [7, 11) is 2.64. The molecule has 0 unspecified atom stereocenters. The first-order valence-electron chi connectivity index (χ1n) is 9.04. The van der Waals surface area contributed by atoms with Gasteiger partial charge in [-0.15, -0.1) is 0 Å². The second kappa shape index (κ2) is 9.12. The first-order valence-corrected chi connectivity index (χ1v) is 9.04. The Morgan fingerprint density at radius 2 is 1.88 bits per heavy atom. The molecule has 0 aromatic heterocycles. The van der Waals surface area contributed by atoms with Crippen molar-refractivity contribution in [2.24, 2.45) is 0 Å². The second-order valence-corrected chi connectivity index (χ2v) is 6.43. The van der Waals surface area contributed by atoms with E-state index in [0.29, 0.717) is 4.90 Å². The number of nitrogens with zero attached hydrogens (tertiary/aromatic N) is 2. The molecule has 1 saturated heterocycles. The molecule has 0 spiro atoms. The SMILES string of the molecule is COc1cc(/C=C2/NC(=O)N(CC(=O)Nc3ccccc3F)C2=O)c([N+](=O)[O-])cc1OC. The van der Waals surface area contributed by atoms with Gasteiger partial charge in [-0.05, 0) is 24.3 Å². The minimum Gasteiger partial charge on any atom is -0.493 e. The topological polar surface area (TPSA) is 140 Å². The van der Waals surface area contributed by atoms with Gasteiger partial charge in [0.15, 0.2) is 11.5 Å². The first-order chi connectivity index (χ1) is 15.2. The average molecular weight is 444 g/mol. The highest BCUT2D eigenvalue weighted by Crippen LogP contribution is 2.35. The van der Waals surface area contributed by atoms with Gasteiger partial charge < -0.3 is 20.1 Å². The van der Waals surface area contributed by atoms with Crippen molar-refractivity contribution in [3.8, 4) is 11.5 Å². The van der Waals surface area contributed by atoms with Crippen LogP contribution in [0.3, 0.4) is 0 Å². The highest BCUT2D eigenvalue weighted by Gasteiger charge is 2.35. The minimum atomic E-state index is -0.909. The molecule has 4 amide bonds. The van der Waals surface area contributed by atoms with Gasteiger partial charge in [0.25, 0.3) is 11.6 Å².